The Balaban J connectivity index is 1.38. The molecule has 2 heterocycles. The summed E-state index contributed by atoms with van der Waals surface area (Å²) >= 11 is 0. The smallest absolute Gasteiger partial charge is 0.178 e. The van der Waals surface area contributed by atoms with Gasteiger partial charge < -0.3 is 19.1 Å². The van der Waals surface area contributed by atoms with Crippen molar-refractivity contribution in [2.24, 2.45) is 0 Å². The van der Waals surface area contributed by atoms with E-state index in [-0.39, 0.29) is 11.6 Å². The Hall–Kier alpha value is -4.68. The number of methoxy groups -OCH3 is 1. The molecule has 1 fully saturated rings. The first-order valence-electron chi connectivity index (χ1n) is 16.5. The molecule has 47 heavy (non-hydrogen) atoms. The number of benzene rings is 5. The van der Waals surface area contributed by atoms with Crippen LogP contribution in [0, 0.1) is 11.6 Å². The van der Waals surface area contributed by atoms with E-state index in [1.807, 2.05) is 36.4 Å². The molecule has 1 aliphatic carbocycles. The summed E-state index contributed by atoms with van der Waals surface area (Å²) in [7, 11) is 1.65. The van der Waals surface area contributed by atoms with Crippen molar-refractivity contribution < 1.29 is 23.0 Å². The molecule has 2 aliphatic heterocycles. The maximum Gasteiger partial charge on any atom is 0.178 e. The van der Waals surface area contributed by atoms with E-state index in [0.717, 1.165) is 81.7 Å². The van der Waals surface area contributed by atoms with Crippen LogP contribution < -0.4 is 14.4 Å². The van der Waals surface area contributed by atoms with Crippen molar-refractivity contribution in [1.82, 2.24) is 0 Å². The van der Waals surface area contributed by atoms with Crippen molar-refractivity contribution in [2.75, 3.05) is 38.3 Å². The Morgan fingerprint density at radius 1 is 0.787 bits per heavy atom. The second-order valence-corrected chi connectivity index (χ2v) is 12.7. The molecule has 238 valence electrons. The fourth-order valence-electron chi connectivity index (χ4n) is 8.20. The number of hydrogen-bond acceptors (Lipinski definition) is 4. The Bertz CT molecular complexity index is 2030. The minimum Gasteiger partial charge on any atom is -0.497 e. The van der Waals surface area contributed by atoms with E-state index in [9.17, 15) is 4.39 Å². The molecule has 6 heteroatoms. The van der Waals surface area contributed by atoms with Crippen molar-refractivity contribution >= 4 is 22.5 Å². The van der Waals surface area contributed by atoms with E-state index in [1.54, 1.807) is 19.2 Å². The summed E-state index contributed by atoms with van der Waals surface area (Å²) in [5.41, 5.74) is 6.65. The molecule has 0 saturated carbocycles. The zero-order chi connectivity index (χ0) is 32.3. The molecule has 0 N–H and O–H groups in total. The average molecular weight is 630 g/mol. The summed E-state index contributed by atoms with van der Waals surface area (Å²) in [6.45, 7) is 7.44. The monoisotopic (exact) mass is 629 g/mol. The van der Waals surface area contributed by atoms with Crippen LogP contribution in [0.3, 0.4) is 0 Å². The fourth-order valence-corrected chi connectivity index (χ4v) is 8.20. The van der Waals surface area contributed by atoms with Crippen molar-refractivity contribution in [3.8, 4) is 22.6 Å². The molecular weight excluding hydrogens is 592 g/mol. The van der Waals surface area contributed by atoms with Crippen molar-refractivity contribution in [3.63, 3.8) is 0 Å². The van der Waals surface area contributed by atoms with Crippen molar-refractivity contribution in [1.29, 1.82) is 0 Å². The quantitative estimate of drug-likeness (QED) is 0.187. The van der Waals surface area contributed by atoms with Gasteiger partial charge in [0.2, 0.25) is 0 Å². The molecule has 1 saturated heterocycles. The van der Waals surface area contributed by atoms with Gasteiger partial charge in [-0.1, -0.05) is 56.3 Å². The average Bonchev–Trinajstić information content (AvgIpc) is 3.41. The molecule has 0 radical (unpaired) electrons. The first-order valence-corrected chi connectivity index (χ1v) is 16.5. The molecule has 0 amide bonds. The van der Waals surface area contributed by atoms with Crippen LogP contribution in [0.4, 0.5) is 14.5 Å². The van der Waals surface area contributed by atoms with Gasteiger partial charge in [-0.2, -0.15) is 0 Å². The molecule has 3 aliphatic rings. The highest BCUT2D eigenvalue weighted by atomic mass is 19.1. The van der Waals surface area contributed by atoms with E-state index in [1.165, 1.54) is 12.1 Å². The van der Waals surface area contributed by atoms with Crippen LogP contribution in [0.5, 0.6) is 11.5 Å². The van der Waals surface area contributed by atoms with E-state index < -0.39 is 11.0 Å². The van der Waals surface area contributed by atoms with Gasteiger partial charge in [-0.3, -0.25) is 0 Å². The zero-order valence-electron chi connectivity index (χ0n) is 26.9. The molecule has 0 spiro atoms. The maximum atomic E-state index is 15.2. The van der Waals surface area contributed by atoms with Crippen molar-refractivity contribution in [3.05, 3.63) is 130 Å². The Morgan fingerprint density at radius 3 is 2.13 bits per heavy atom. The predicted octanol–water partition coefficient (Wildman–Crippen LogP) is 9.40. The maximum absolute atomic E-state index is 15.2. The second kappa shape index (κ2) is 11.2. The number of ether oxygens (including phenoxy) is 3. The lowest BCUT2D eigenvalue weighted by Gasteiger charge is -2.39. The predicted molar refractivity (Wildman–Crippen MR) is 184 cm³/mol. The second-order valence-electron chi connectivity index (χ2n) is 12.7. The molecule has 4 nitrogen and oxygen atoms in total. The SMILES string of the molecule is CCC1(CC)c2cc(F)ccc2-c2c1c1c(c3cc(F)ccc23)OC(c2ccc(OC)cc2)(c2ccc(N3CCOCC3)cc2)C=C1. The number of fused-ring (bicyclic) bond motifs is 8. The lowest BCUT2D eigenvalue weighted by molar-refractivity contribution is 0.122. The topological polar surface area (TPSA) is 30.9 Å². The number of halogens is 2. The van der Waals surface area contributed by atoms with Gasteiger partial charge in [0.05, 0.1) is 20.3 Å². The molecule has 8 rings (SSSR count). The van der Waals surface area contributed by atoms with Gasteiger partial charge in [0.1, 0.15) is 23.1 Å². The summed E-state index contributed by atoms with van der Waals surface area (Å²) in [4.78, 5) is 2.33. The minimum absolute atomic E-state index is 0.252. The summed E-state index contributed by atoms with van der Waals surface area (Å²) in [5, 5.41) is 1.60. The Labute approximate surface area is 274 Å². The summed E-state index contributed by atoms with van der Waals surface area (Å²) < 4.78 is 48.5. The van der Waals surface area contributed by atoms with E-state index >= 15 is 4.39 Å². The van der Waals surface area contributed by atoms with Gasteiger partial charge in [-0.15, -0.1) is 0 Å². The summed E-state index contributed by atoms with van der Waals surface area (Å²) in [5.74, 6) is 0.793. The highest BCUT2D eigenvalue weighted by molar-refractivity contribution is 6.08. The lowest BCUT2D eigenvalue weighted by Crippen LogP contribution is -2.37. The largest absolute Gasteiger partial charge is 0.497 e. The van der Waals surface area contributed by atoms with Crippen LogP contribution in [-0.2, 0) is 15.8 Å². The van der Waals surface area contributed by atoms with Crippen LogP contribution >= 0.6 is 0 Å². The summed E-state index contributed by atoms with van der Waals surface area (Å²) in [6.07, 6.45) is 5.86. The molecule has 0 aromatic heterocycles. The zero-order valence-corrected chi connectivity index (χ0v) is 26.9. The third kappa shape index (κ3) is 4.41. The first-order chi connectivity index (χ1) is 22.9. The fraction of sp³-hybridized carbons (Fsp3) is 0.268. The Morgan fingerprint density at radius 2 is 1.45 bits per heavy atom. The normalized spacial score (nSPS) is 19.2. The molecule has 1 atom stereocenters. The van der Waals surface area contributed by atoms with E-state index in [4.69, 9.17) is 14.2 Å². The van der Waals surface area contributed by atoms with Gasteiger partial charge in [-0.25, -0.2) is 8.78 Å². The van der Waals surface area contributed by atoms with Crippen molar-refractivity contribution in [2.45, 2.75) is 37.7 Å². The molecule has 5 aromatic carbocycles. The number of hydrogen-bond donors (Lipinski definition) is 0. The van der Waals surface area contributed by atoms with Crippen LogP contribution in [0.25, 0.3) is 28.0 Å². The molecular formula is C41H37F2NO3. The lowest BCUT2D eigenvalue weighted by atomic mass is 9.71. The van der Waals surface area contributed by atoms with E-state index in [2.05, 4.69) is 55.2 Å². The first kappa shape index (κ1) is 29.7. The van der Waals surface area contributed by atoms with Crippen LogP contribution in [0.15, 0.2) is 91.0 Å². The van der Waals surface area contributed by atoms with E-state index in [0.29, 0.717) is 24.3 Å². The minimum atomic E-state index is -1.01. The van der Waals surface area contributed by atoms with Gasteiger partial charge in [0.15, 0.2) is 5.60 Å². The highest BCUT2D eigenvalue weighted by Gasteiger charge is 2.47. The number of nitrogens with zero attached hydrogens (tertiary/aromatic N) is 1. The number of anilines is 1. The third-order valence-corrected chi connectivity index (χ3v) is 10.7. The molecule has 0 bridgehead atoms. The Kier molecular flexibility index (Phi) is 7.10. The van der Waals surface area contributed by atoms with Crippen LogP contribution in [-0.4, -0.2) is 33.4 Å². The highest BCUT2D eigenvalue weighted by Crippen LogP contribution is 2.60. The van der Waals surface area contributed by atoms with Gasteiger partial charge >= 0.3 is 0 Å². The standard InChI is InChI=1S/C41H37F2NO3/c1-4-40(5-2)36-25-29(43)11-17-33(36)37-32-16-10-28(42)24-35(32)39-34(38(37)40)18-19-41(47-39,27-8-14-31(45-3)15-9-27)26-6-12-30(13-7-26)44-20-22-46-23-21-44/h6-19,24-25H,4-5,20-23H2,1-3H3. The number of morpholine rings is 1. The third-order valence-electron chi connectivity index (χ3n) is 10.7. The van der Waals surface area contributed by atoms with Gasteiger partial charge in [-0.05, 0) is 95.1 Å². The van der Waals surface area contributed by atoms with Crippen LogP contribution in [0.2, 0.25) is 0 Å². The number of rotatable bonds is 6. The van der Waals surface area contributed by atoms with Gasteiger partial charge in [0.25, 0.3) is 0 Å². The summed E-state index contributed by atoms with van der Waals surface area (Å²) in [6, 6.07) is 26.5. The molecule has 5 aromatic rings. The van der Waals surface area contributed by atoms with Gasteiger partial charge in [0, 0.05) is 46.3 Å². The van der Waals surface area contributed by atoms with Crippen LogP contribution in [0.1, 0.15) is 54.5 Å². The molecule has 1 unspecified atom stereocenters.